The van der Waals surface area contributed by atoms with E-state index in [2.05, 4.69) is 11.4 Å². The van der Waals surface area contributed by atoms with Crippen molar-refractivity contribution in [1.29, 1.82) is 0 Å². The van der Waals surface area contributed by atoms with Crippen molar-refractivity contribution in [3.05, 3.63) is 42.0 Å². The maximum absolute atomic E-state index is 5.39. The van der Waals surface area contributed by atoms with Crippen LogP contribution in [0.15, 0.2) is 36.4 Å². The van der Waals surface area contributed by atoms with E-state index in [1.165, 1.54) is 0 Å². The highest BCUT2D eigenvalue weighted by Crippen LogP contribution is 2.33. The number of hydrogen-bond donors (Lipinski definition) is 1. The van der Waals surface area contributed by atoms with Gasteiger partial charge in [-0.05, 0) is 42.4 Å². The monoisotopic (exact) mass is 287 g/mol. The molecule has 0 atom stereocenters. The predicted molar refractivity (Wildman–Crippen MR) is 84.3 cm³/mol. The lowest BCUT2D eigenvalue weighted by atomic mass is 10.0. The van der Waals surface area contributed by atoms with Gasteiger partial charge in [0.1, 0.15) is 5.75 Å². The average molecular weight is 287 g/mol. The van der Waals surface area contributed by atoms with Crippen LogP contribution in [-0.4, -0.2) is 28.4 Å². The number of rotatable bonds is 6. The molecule has 0 spiro atoms. The Labute approximate surface area is 125 Å². The van der Waals surface area contributed by atoms with Crippen LogP contribution >= 0.6 is 0 Å². The molecule has 0 saturated carbocycles. The molecule has 0 radical (unpaired) electrons. The Balaban J connectivity index is 2.44. The van der Waals surface area contributed by atoms with E-state index in [1.807, 2.05) is 37.4 Å². The van der Waals surface area contributed by atoms with Gasteiger partial charge in [-0.3, -0.25) is 0 Å². The van der Waals surface area contributed by atoms with Gasteiger partial charge < -0.3 is 19.5 Å². The molecule has 0 aliphatic carbocycles. The predicted octanol–water partition coefficient (Wildman–Crippen LogP) is 3.10. The van der Waals surface area contributed by atoms with E-state index < -0.39 is 0 Å². The zero-order chi connectivity index (χ0) is 15.2. The van der Waals surface area contributed by atoms with Crippen molar-refractivity contribution < 1.29 is 14.2 Å². The molecule has 21 heavy (non-hydrogen) atoms. The van der Waals surface area contributed by atoms with E-state index in [0.717, 1.165) is 40.5 Å². The van der Waals surface area contributed by atoms with Gasteiger partial charge in [-0.15, -0.1) is 0 Å². The van der Waals surface area contributed by atoms with Crippen LogP contribution in [0.25, 0.3) is 11.1 Å². The van der Waals surface area contributed by atoms with Crippen molar-refractivity contribution >= 4 is 0 Å². The molecule has 4 nitrogen and oxygen atoms in total. The highest BCUT2D eigenvalue weighted by molar-refractivity contribution is 5.69. The number of hydrogen-bond acceptors (Lipinski definition) is 4. The van der Waals surface area contributed by atoms with Gasteiger partial charge >= 0.3 is 0 Å². The Kier molecular flexibility index (Phi) is 5.06. The van der Waals surface area contributed by atoms with Gasteiger partial charge in [0.15, 0.2) is 11.5 Å². The molecule has 2 aromatic carbocycles. The fourth-order valence-electron chi connectivity index (χ4n) is 2.30. The summed E-state index contributed by atoms with van der Waals surface area (Å²) >= 11 is 0. The first-order chi connectivity index (χ1) is 10.2. The standard InChI is InChI=1S/C17H21NO3/c1-18-11-14-9-12(5-7-15(14)19-2)13-6-8-16(20-3)17(10-13)21-4/h5-10,18H,11H2,1-4H3. The third-order valence-electron chi connectivity index (χ3n) is 3.36. The van der Waals surface area contributed by atoms with Crippen molar-refractivity contribution in [2.75, 3.05) is 28.4 Å². The second-order valence-electron chi connectivity index (χ2n) is 4.63. The van der Waals surface area contributed by atoms with Crippen molar-refractivity contribution in [3.63, 3.8) is 0 Å². The van der Waals surface area contributed by atoms with E-state index >= 15 is 0 Å². The zero-order valence-electron chi connectivity index (χ0n) is 12.9. The molecule has 0 bridgehead atoms. The minimum atomic E-state index is 0.723. The lowest BCUT2D eigenvalue weighted by Crippen LogP contribution is -2.06. The van der Waals surface area contributed by atoms with Gasteiger partial charge in [-0.1, -0.05) is 12.1 Å². The number of ether oxygens (including phenoxy) is 3. The summed E-state index contributed by atoms with van der Waals surface area (Å²) in [6.45, 7) is 0.754. The molecule has 0 heterocycles. The summed E-state index contributed by atoms with van der Waals surface area (Å²) in [5.74, 6) is 2.33. The van der Waals surface area contributed by atoms with Gasteiger partial charge in [-0.2, -0.15) is 0 Å². The van der Waals surface area contributed by atoms with Crippen LogP contribution in [-0.2, 0) is 6.54 Å². The Bertz CT molecular complexity index is 611. The molecular weight excluding hydrogens is 266 g/mol. The van der Waals surface area contributed by atoms with Gasteiger partial charge in [0.2, 0.25) is 0 Å². The van der Waals surface area contributed by atoms with E-state index in [0.29, 0.717) is 0 Å². The number of methoxy groups -OCH3 is 3. The van der Waals surface area contributed by atoms with E-state index in [4.69, 9.17) is 14.2 Å². The largest absolute Gasteiger partial charge is 0.496 e. The minimum Gasteiger partial charge on any atom is -0.496 e. The van der Waals surface area contributed by atoms with Crippen molar-refractivity contribution in [3.8, 4) is 28.4 Å². The lowest BCUT2D eigenvalue weighted by Gasteiger charge is -2.13. The average Bonchev–Trinajstić information content (AvgIpc) is 2.54. The van der Waals surface area contributed by atoms with Crippen LogP contribution in [0.4, 0.5) is 0 Å². The number of benzene rings is 2. The molecule has 0 amide bonds. The molecule has 2 aromatic rings. The quantitative estimate of drug-likeness (QED) is 0.886. The first-order valence-corrected chi connectivity index (χ1v) is 6.77. The summed E-state index contributed by atoms with van der Waals surface area (Å²) in [7, 11) is 6.88. The fourth-order valence-corrected chi connectivity index (χ4v) is 2.30. The normalized spacial score (nSPS) is 10.3. The Morgan fingerprint density at radius 1 is 0.762 bits per heavy atom. The summed E-state index contributed by atoms with van der Waals surface area (Å²) in [5, 5.41) is 3.15. The second kappa shape index (κ2) is 6.99. The van der Waals surface area contributed by atoms with Gasteiger partial charge in [0, 0.05) is 12.1 Å². The molecular formula is C17H21NO3. The summed E-state index contributed by atoms with van der Waals surface area (Å²) in [6.07, 6.45) is 0. The molecule has 4 heteroatoms. The molecule has 0 aromatic heterocycles. The van der Waals surface area contributed by atoms with Crippen LogP contribution in [0, 0.1) is 0 Å². The summed E-state index contributed by atoms with van der Waals surface area (Å²) in [5.41, 5.74) is 3.31. The third kappa shape index (κ3) is 3.28. The van der Waals surface area contributed by atoms with Crippen LogP contribution < -0.4 is 19.5 Å². The fraction of sp³-hybridized carbons (Fsp3) is 0.294. The maximum Gasteiger partial charge on any atom is 0.161 e. The highest BCUT2D eigenvalue weighted by Gasteiger charge is 2.09. The number of nitrogens with one attached hydrogen (secondary N) is 1. The minimum absolute atomic E-state index is 0.723. The molecule has 0 fully saturated rings. The van der Waals surface area contributed by atoms with Crippen molar-refractivity contribution in [2.45, 2.75) is 6.54 Å². The molecule has 0 saturated heterocycles. The molecule has 112 valence electrons. The Morgan fingerprint density at radius 3 is 1.90 bits per heavy atom. The SMILES string of the molecule is CNCc1cc(-c2ccc(OC)c(OC)c2)ccc1OC. The van der Waals surface area contributed by atoms with Crippen molar-refractivity contribution in [1.82, 2.24) is 5.32 Å². The third-order valence-corrected chi connectivity index (χ3v) is 3.36. The van der Waals surface area contributed by atoms with Gasteiger partial charge in [-0.25, -0.2) is 0 Å². The van der Waals surface area contributed by atoms with Crippen LogP contribution in [0.2, 0.25) is 0 Å². The summed E-state index contributed by atoms with van der Waals surface area (Å²) < 4.78 is 16.0. The molecule has 0 aliphatic heterocycles. The summed E-state index contributed by atoms with van der Waals surface area (Å²) in [6, 6.07) is 12.1. The maximum atomic E-state index is 5.39. The zero-order valence-corrected chi connectivity index (χ0v) is 12.9. The molecule has 2 rings (SSSR count). The highest BCUT2D eigenvalue weighted by atomic mass is 16.5. The smallest absolute Gasteiger partial charge is 0.161 e. The Morgan fingerprint density at radius 2 is 1.33 bits per heavy atom. The lowest BCUT2D eigenvalue weighted by molar-refractivity contribution is 0.355. The first-order valence-electron chi connectivity index (χ1n) is 6.77. The van der Waals surface area contributed by atoms with E-state index in [1.54, 1.807) is 21.3 Å². The van der Waals surface area contributed by atoms with Crippen molar-refractivity contribution in [2.24, 2.45) is 0 Å². The topological polar surface area (TPSA) is 39.7 Å². The van der Waals surface area contributed by atoms with Crippen LogP contribution in [0.3, 0.4) is 0 Å². The van der Waals surface area contributed by atoms with Crippen LogP contribution in [0.1, 0.15) is 5.56 Å². The van der Waals surface area contributed by atoms with E-state index in [9.17, 15) is 0 Å². The molecule has 0 unspecified atom stereocenters. The second-order valence-corrected chi connectivity index (χ2v) is 4.63. The molecule has 1 N–H and O–H groups in total. The first kappa shape index (κ1) is 15.2. The molecule has 0 aliphatic rings. The van der Waals surface area contributed by atoms with Gasteiger partial charge in [0.05, 0.1) is 21.3 Å². The van der Waals surface area contributed by atoms with Crippen LogP contribution in [0.5, 0.6) is 17.2 Å². The van der Waals surface area contributed by atoms with E-state index in [-0.39, 0.29) is 0 Å². The summed E-state index contributed by atoms with van der Waals surface area (Å²) in [4.78, 5) is 0. The van der Waals surface area contributed by atoms with Gasteiger partial charge in [0.25, 0.3) is 0 Å². The Hall–Kier alpha value is -2.20.